The van der Waals surface area contributed by atoms with Crippen LogP contribution in [0.4, 0.5) is 0 Å². The summed E-state index contributed by atoms with van der Waals surface area (Å²) in [4.78, 5) is 23.3. The second-order valence-electron chi connectivity index (χ2n) is 5.58. The van der Waals surface area contributed by atoms with E-state index in [1.807, 2.05) is 0 Å². The van der Waals surface area contributed by atoms with Crippen LogP contribution in [-0.4, -0.2) is 48.4 Å². The Labute approximate surface area is 115 Å². The Morgan fingerprint density at radius 3 is 2.60 bits per heavy atom. The Hall–Kier alpha value is -1.44. The number of ether oxygens (including phenoxy) is 5. The van der Waals surface area contributed by atoms with Gasteiger partial charge in [0.2, 0.25) is 6.10 Å². The Morgan fingerprint density at radius 1 is 1.25 bits per heavy atom. The molecule has 5 atom stereocenters. The highest BCUT2D eigenvalue weighted by Gasteiger charge is 2.64. The first-order valence-corrected chi connectivity index (χ1v) is 6.36. The van der Waals surface area contributed by atoms with Gasteiger partial charge in [0.05, 0.1) is 0 Å². The summed E-state index contributed by atoms with van der Waals surface area (Å²) >= 11 is 0. The second kappa shape index (κ2) is 4.28. The van der Waals surface area contributed by atoms with E-state index in [0.717, 1.165) is 0 Å². The maximum Gasteiger partial charge on any atom is 0.350 e. The maximum atomic E-state index is 11.8. The number of hydrogen-bond donors (Lipinski definition) is 0. The quantitative estimate of drug-likeness (QED) is 0.532. The van der Waals surface area contributed by atoms with Crippen LogP contribution in [0, 0.1) is 0 Å². The average Bonchev–Trinajstić information content (AvgIpc) is 2.88. The van der Waals surface area contributed by atoms with Gasteiger partial charge >= 0.3 is 11.9 Å². The molecule has 20 heavy (non-hydrogen) atoms. The van der Waals surface area contributed by atoms with Crippen LogP contribution in [0.5, 0.6) is 0 Å². The first-order valence-electron chi connectivity index (χ1n) is 6.36. The van der Waals surface area contributed by atoms with Crippen molar-refractivity contribution in [1.82, 2.24) is 0 Å². The number of fused-ring (bicyclic) bond motifs is 3. The van der Waals surface area contributed by atoms with E-state index in [1.165, 1.54) is 6.92 Å². The van der Waals surface area contributed by atoms with Crippen molar-refractivity contribution in [3.63, 3.8) is 0 Å². The van der Waals surface area contributed by atoms with E-state index in [2.05, 4.69) is 6.58 Å². The van der Waals surface area contributed by atoms with E-state index in [9.17, 15) is 9.59 Å². The molecule has 0 N–H and O–H groups in total. The summed E-state index contributed by atoms with van der Waals surface area (Å²) in [6, 6.07) is 0. The highest BCUT2D eigenvalue weighted by molar-refractivity contribution is 5.90. The molecule has 0 saturated carbocycles. The van der Waals surface area contributed by atoms with Gasteiger partial charge in [-0.15, -0.1) is 0 Å². The lowest BCUT2D eigenvalue weighted by molar-refractivity contribution is -0.216. The van der Waals surface area contributed by atoms with E-state index >= 15 is 0 Å². The molecule has 0 aliphatic carbocycles. The Balaban J connectivity index is 1.74. The summed E-state index contributed by atoms with van der Waals surface area (Å²) in [6.07, 6.45) is -3.58. The molecule has 0 amide bonds. The predicted octanol–water partition coefficient (Wildman–Crippen LogP) is 0.276. The van der Waals surface area contributed by atoms with Crippen LogP contribution in [0.1, 0.15) is 20.8 Å². The minimum atomic E-state index is -1.11. The van der Waals surface area contributed by atoms with Gasteiger partial charge in [0.15, 0.2) is 24.3 Å². The fourth-order valence-electron chi connectivity index (χ4n) is 2.55. The third kappa shape index (κ3) is 2.02. The fourth-order valence-corrected chi connectivity index (χ4v) is 2.55. The van der Waals surface area contributed by atoms with Crippen molar-refractivity contribution in [3.05, 3.63) is 12.2 Å². The van der Waals surface area contributed by atoms with E-state index in [1.54, 1.807) is 13.8 Å². The molecular weight excluding hydrogens is 268 g/mol. The largest absolute Gasteiger partial charge is 0.454 e. The molecule has 3 saturated heterocycles. The summed E-state index contributed by atoms with van der Waals surface area (Å²) in [5, 5.41) is 0. The lowest BCUT2D eigenvalue weighted by atomic mass is 10.1. The molecule has 3 rings (SSSR count). The molecule has 7 heteroatoms. The summed E-state index contributed by atoms with van der Waals surface area (Å²) in [6.45, 7) is 8.46. The van der Waals surface area contributed by atoms with Gasteiger partial charge in [-0.3, -0.25) is 0 Å². The van der Waals surface area contributed by atoms with E-state index in [-0.39, 0.29) is 5.57 Å². The van der Waals surface area contributed by atoms with Crippen LogP contribution in [0.25, 0.3) is 0 Å². The highest BCUT2D eigenvalue weighted by atomic mass is 16.8. The molecule has 7 nitrogen and oxygen atoms in total. The minimum absolute atomic E-state index is 0.202. The Morgan fingerprint density at radius 2 is 1.95 bits per heavy atom. The molecule has 0 aromatic rings. The Bertz CT molecular complexity index is 483. The normalized spacial score (nSPS) is 41.0. The van der Waals surface area contributed by atoms with Crippen molar-refractivity contribution >= 4 is 11.9 Å². The van der Waals surface area contributed by atoms with Crippen molar-refractivity contribution < 1.29 is 33.3 Å². The van der Waals surface area contributed by atoms with Crippen molar-refractivity contribution in [1.29, 1.82) is 0 Å². The van der Waals surface area contributed by atoms with Crippen LogP contribution in [0.2, 0.25) is 0 Å². The van der Waals surface area contributed by atoms with Crippen LogP contribution in [0.3, 0.4) is 0 Å². The molecular formula is C13H16O7. The van der Waals surface area contributed by atoms with Crippen molar-refractivity contribution in [2.45, 2.75) is 57.3 Å². The van der Waals surface area contributed by atoms with Gasteiger partial charge in [-0.1, -0.05) is 6.58 Å². The van der Waals surface area contributed by atoms with Gasteiger partial charge in [0.25, 0.3) is 0 Å². The van der Waals surface area contributed by atoms with E-state index < -0.39 is 48.4 Å². The van der Waals surface area contributed by atoms with Gasteiger partial charge < -0.3 is 23.7 Å². The molecule has 0 spiro atoms. The van der Waals surface area contributed by atoms with Gasteiger partial charge in [0, 0.05) is 5.57 Å². The monoisotopic (exact) mass is 284 g/mol. The summed E-state index contributed by atoms with van der Waals surface area (Å²) < 4.78 is 27.1. The third-order valence-electron chi connectivity index (χ3n) is 3.39. The maximum absolute atomic E-state index is 11.8. The van der Waals surface area contributed by atoms with Crippen molar-refractivity contribution in [2.24, 2.45) is 0 Å². The fraction of sp³-hybridized carbons (Fsp3) is 0.692. The lowest BCUT2D eigenvalue weighted by Crippen LogP contribution is -2.37. The van der Waals surface area contributed by atoms with Crippen molar-refractivity contribution in [2.75, 3.05) is 0 Å². The zero-order valence-electron chi connectivity index (χ0n) is 11.5. The smallest absolute Gasteiger partial charge is 0.350 e. The summed E-state index contributed by atoms with van der Waals surface area (Å²) in [5.41, 5.74) is 0.202. The molecule has 3 heterocycles. The third-order valence-corrected chi connectivity index (χ3v) is 3.39. The number of carbonyl (C=O) groups is 2. The van der Waals surface area contributed by atoms with Gasteiger partial charge in [-0.05, 0) is 20.8 Å². The number of esters is 2. The first kappa shape index (κ1) is 13.5. The molecule has 3 aliphatic rings. The summed E-state index contributed by atoms with van der Waals surface area (Å²) in [5.74, 6) is -2.09. The van der Waals surface area contributed by atoms with Gasteiger partial charge in [0.1, 0.15) is 6.10 Å². The van der Waals surface area contributed by atoms with Crippen LogP contribution in [0.15, 0.2) is 12.2 Å². The molecule has 0 aromatic carbocycles. The molecule has 110 valence electrons. The van der Waals surface area contributed by atoms with Crippen molar-refractivity contribution in [3.8, 4) is 0 Å². The lowest BCUT2D eigenvalue weighted by Gasteiger charge is -2.21. The molecule has 0 aromatic heterocycles. The molecule has 1 unspecified atom stereocenters. The van der Waals surface area contributed by atoms with Gasteiger partial charge in [-0.2, -0.15) is 0 Å². The number of hydrogen-bond acceptors (Lipinski definition) is 7. The molecule has 0 bridgehead atoms. The first-order chi connectivity index (χ1) is 9.28. The van der Waals surface area contributed by atoms with Crippen LogP contribution >= 0.6 is 0 Å². The summed E-state index contributed by atoms with van der Waals surface area (Å²) in [7, 11) is 0. The van der Waals surface area contributed by atoms with Crippen LogP contribution < -0.4 is 0 Å². The predicted molar refractivity (Wildman–Crippen MR) is 63.3 cm³/mol. The Kier molecular flexibility index (Phi) is 2.89. The number of carbonyl (C=O) groups excluding carboxylic acids is 2. The standard InChI is InChI=1S/C13H16O7/c1-5(2)10(14)17-8-6-7(16-11(8)15)9-12(18-6)20-13(3,4)19-9/h6-9,12H,1H2,2-4H3/t6-,7-,8?,9+,12+/m0/s1. The zero-order chi connectivity index (χ0) is 14.7. The van der Waals surface area contributed by atoms with Crippen LogP contribution in [-0.2, 0) is 33.3 Å². The van der Waals surface area contributed by atoms with Gasteiger partial charge in [-0.25, -0.2) is 9.59 Å². The molecule has 0 radical (unpaired) electrons. The zero-order valence-corrected chi connectivity index (χ0v) is 11.5. The molecule has 3 aliphatic heterocycles. The van der Waals surface area contributed by atoms with E-state index in [4.69, 9.17) is 23.7 Å². The SMILES string of the molecule is C=C(C)C(=O)OC1C(=O)O[C@@H]2[C@H]3OC(C)(C)O[C@H]3O[C@H]12. The molecule has 3 fully saturated rings. The second-order valence-corrected chi connectivity index (χ2v) is 5.58. The average molecular weight is 284 g/mol. The minimum Gasteiger partial charge on any atom is -0.454 e. The highest BCUT2D eigenvalue weighted by Crippen LogP contribution is 2.42. The van der Waals surface area contributed by atoms with E-state index in [0.29, 0.717) is 0 Å². The number of rotatable bonds is 2. The topological polar surface area (TPSA) is 80.3 Å².